The van der Waals surface area contributed by atoms with Crippen LogP contribution in [0.4, 0.5) is 0 Å². The van der Waals surface area contributed by atoms with Gasteiger partial charge in [-0.3, -0.25) is 9.59 Å². The van der Waals surface area contributed by atoms with Gasteiger partial charge in [0.15, 0.2) is 0 Å². The molecule has 4 nitrogen and oxygen atoms in total. The molecule has 0 radical (unpaired) electrons. The molecule has 3 rings (SSSR count). The van der Waals surface area contributed by atoms with Gasteiger partial charge in [-0.25, -0.2) is 0 Å². The molecule has 0 spiro atoms. The second-order valence-corrected chi connectivity index (χ2v) is 4.64. The minimum atomic E-state index is -0.351. The molecule has 0 aliphatic heterocycles. The molecule has 80 valence electrons. The van der Waals surface area contributed by atoms with E-state index in [1.54, 1.807) is 21.5 Å². The predicted octanol–water partition coefficient (Wildman–Crippen LogP) is 0.755. The van der Waals surface area contributed by atoms with Crippen molar-refractivity contribution < 1.29 is 0 Å². The first-order valence-electron chi connectivity index (χ1n) is 5.57. The molecule has 0 amide bonds. The first kappa shape index (κ1) is 8.95. The van der Waals surface area contributed by atoms with Crippen LogP contribution in [0.2, 0.25) is 0 Å². The second kappa shape index (κ2) is 3.08. The Morgan fingerprint density at radius 3 is 2.40 bits per heavy atom. The lowest BCUT2D eigenvalue weighted by Gasteiger charge is -2.06. The summed E-state index contributed by atoms with van der Waals surface area (Å²) in [5, 5.41) is 0. The van der Waals surface area contributed by atoms with Gasteiger partial charge >= 0.3 is 11.1 Å². The molecule has 1 aromatic rings. The van der Waals surface area contributed by atoms with E-state index in [-0.39, 0.29) is 11.1 Å². The summed E-state index contributed by atoms with van der Waals surface area (Å²) in [5.74, 6) is 0.624. The van der Waals surface area contributed by atoms with Crippen LogP contribution in [0.3, 0.4) is 0 Å². The van der Waals surface area contributed by atoms with Crippen LogP contribution in [-0.4, -0.2) is 9.13 Å². The normalized spacial score (nSPS) is 20.5. The van der Waals surface area contributed by atoms with Crippen molar-refractivity contribution in [3.63, 3.8) is 0 Å². The molecule has 2 saturated carbocycles. The minimum Gasteiger partial charge on any atom is -0.309 e. The topological polar surface area (TPSA) is 44.0 Å². The molecule has 0 N–H and O–H groups in total. The van der Waals surface area contributed by atoms with E-state index < -0.39 is 0 Å². The van der Waals surface area contributed by atoms with Gasteiger partial charge in [-0.1, -0.05) is 0 Å². The highest BCUT2D eigenvalue weighted by atomic mass is 16.2. The van der Waals surface area contributed by atoms with Crippen molar-refractivity contribution in [1.82, 2.24) is 9.13 Å². The van der Waals surface area contributed by atoms with Crippen LogP contribution in [0, 0.1) is 5.92 Å². The Bertz CT molecular complexity index is 492. The second-order valence-electron chi connectivity index (χ2n) is 4.64. The average Bonchev–Trinajstić information content (AvgIpc) is 3.05. The molecule has 0 saturated heterocycles. The van der Waals surface area contributed by atoms with E-state index in [4.69, 9.17) is 0 Å². The quantitative estimate of drug-likeness (QED) is 0.685. The number of rotatable bonds is 3. The summed E-state index contributed by atoms with van der Waals surface area (Å²) < 4.78 is 3.16. The third-order valence-electron chi connectivity index (χ3n) is 3.18. The number of hydrogen-bond donors (Lipinski definition) is 0. The SMILES string of the molecule is O=c1c(=O)n(C2CC2)ccn1CC1CC1. The maximum atomic E-state index is 11.7. The van der Waals surface area contributed by atoms with Crippen molar-refractivity contribution in [1.29, 1.82) is 0 Å². The Morgan fingerprint density at radius 2 is 1.80 bits per heavy atom. The molecule has 0 unspecified atom stereocenters. The van der Waals surface area contributed by atoms with Gasteiger partial charge < -0.3 is 9.13 Å². The van der Waals surface area contributed by atoms with Crippen molar-refractivity contribution in [3.05, 3.63) is 33.1 Å². The van der Waals surface area contributed by atoms with E-state index in [1.807, 2.05) is 0 Å². The van der Waals surface area contributed by atoms with Crippen molar-refractivity contribution in [3.8, 4) is 0 Å². The van der Waals surface area contributed by atoms with Gasteiger partial charge in [0, 0.05) is 25.0 Å². The van der Waals surface area contributed by atoms with E-state index in [2.05, 4.69) is 0 Å². The monoisotopic (exact) mass is 206 g/mol. The maximum absolute atomic E-state index is 11.7. The van der Waals surface area contributed by atoms with Gasteiger partial charge in [0.25, 0.3) is 0 Å². The molecule has 0 atom stereocenters. The van der Waals surface area contributed by atoms with Crippen LogP contribution in [-0.2, 0) is 6.54 Å². The lowest BCUT2D eigenvalue weighted by Crippen LogP contribution is -2.40. The van der Waals surface area contributed by atoms with Crippen LogP contribution in [0.5, 0.6) is 0 Å². The van der Waals surface area contributed by atoms with E-state index in [0.29, 0.717) is 12.0 Å². The first-order chi connectivity index (χ1) is 7.25. The zero-order valence-corrected chi connectivity index (χ0v) is 8.56. The lowest BCUT2D eigenvalue weighted by atomic mass is 10.4. The van der Waals surface area contributed by atoms with E-state index in [1.165, 1.54) is 12.8 Å². The van der Waals surface area contributed by atoms with Gasteiger partial charge in [0.05, 0.1) is 0 Å². The Morgan fingerprint density at radius 1 is 1.07 bits per heavy atom. The highest BCUT2D eigenvalue weighted by Gasteiger charge is 2.26. The molecule has 2 fully saturated rings. The van der Waals surface area contributed by atoms with Gasteiger partial charge in [0.2, 0.25) is 0 Å². The van der Waals surface area contributed by atoms with Crippen LogP contribution >= 0.6 is 0 Å². The first-order valence-corrected chi connectivity index (χ1v) is 5.57. The summed E-state index contributed by atoms with van der Waals surface area (Å²) in [5.41, 5.74) is -0.697. The molecule has 1 heterocycles. The molecule has 2 aliphatic carbocycles. The number of hydrogen-bond acceptors (Lipinski definition) is 2. The van der Waals surface area contributed by atoms with Gasteiger partial charge in [-0.2, -0.15) is 0 Å². The van der Waals surface area contributed by atoms with E-state index in [0.717, 1.165) is 19.4 Å². The third kappa shape index (κ3) is 1.64. The van der Waals surface area contributed by atoms with Crippen molar-refractivity contribution in [2.45, 2.75) is 38.3 Å². The summed E-state index contributed by atoms with van der Waals surface area (Å²) in [6.45, 7) is 0.722. The third-order valence-corrected chi connectivity index (χ3v) is 3.18. The number of aromatic nitrogens is 2. The minimum absolute atomic E-state index is 0.292. The van der Waals surface area contributed by atoms with Crippen molar-refractivity contribution in [2.75, 3.05) is 0 Å². The van der Waals surface area contributed by atoms with Crippen LogP contribution in [0.25, 0.3) is 0 Å². The molecule has 1 aromatic heterocycles. The smallest absolute Gasteiger partial charge is 0.309 e. The average molecular weight is 206 g/mol. The van der Waals surface area contributed by atoms with Gasteiger partial charge in [0.1, 0.15) is 0 Å². The van der Waals surface area contributed by atoms with Crippen LogP contribution < -0.4 is 11.1 Å². The zero-order chi connectivity index (χ0) is 10.4. The largest absolute Gasteiger partial charge is 0.316 e. The molecule has 0 bridgehead atoms. The fourth-order valence-corrected chi connectivity index (χ4v) is 1.88. The summed E-state index contributed by atoms with van der Waals surface area (Å²) in [6.07, 6.45) is 7.98. The van der Waals surface area contributed by atoms with Crippen LogP contribution in [0.1, 0.15) is 31.7 Å². The van der Waals surface area contributed by atoms with Gasteiger partial charge in [-0.15, -0.1) is 0 Å². The highest BCUT2D eigenvalue weighted by molar-refractivity contribution is 4.94. The van der Waals surface area contributed by atoms with E-state index >= 15 is 0 Å². The summed E-state index contributed by atoms with van der Waals surface area (Å²) >= 11 is 0. The molecule has 4 heteroatoms. The molecule has 2 aliphatic rings. The van der Waals surface area contributed by atoms with E-state index in [9.17, 15) is 9.59 Å². The molecule has 15 heavy (non-hydrogen) atoms. The molecular weight excluding hydrogens is 192 g/mol. The predicted molar refractivity (Wildman–Crippen MR) is 56.0 cm³/mol. The fraction of sp³-hybridized carbons (Fsp3) is 0.636. The van der Waals surface area contributed by atoms with Crippen molar-refractivity contribution >= 4 is 0 Å². The summed E-state index contributed by atoms with van der Waals surface area (Å²) in [7, 11) is 0. The maximum Gasteiger partial charge on any atom is 0.316 e. The summed E-state index contributed by atoms with van der Waals surface area (Å²) in [4.78, 5) is 23.4. The zero-order valence-electron chi connectivity index (χ0n) is 8.56. The summed E-state index contributed by atoms with van der Waals surface area (Å²) in [6, 6.07) is 0.292. The molecule has 0 aromatic carbocycles. The fourth-order valence-electron chi connectivity index (χ4n) is 1.88. The van der Waals surface area contributed by atoms with Gasteiger partial charge in [-0.05, 0) is 31.6 Å². The lowest BCUT2D eigenvalue weighted by molar-refractivity contribution is 0.571. The molecular formula is C11H14N2O2. The number of nitrogens with zero attached hydrogens (tertiary/aromatic N) is 2. The Kier molecular flexibility index (Phi) is 1.84. The van der Waals surface area contributed by atoms with Crippen LogP contribution in [0.15, 0.2) is 22.0 Å². The van der Waals surface area contributed by atoms with Crippen molar-refractivity contribution in [2.24, 2.45) is 5.92 Å². The Hall–Kier alpha value is -1.32. The Labute approximate surface area is 87.2 Å². The standard InChI is InChI=1S/C11H14N2O2/c14-10-11(15)13(9-3-4-9)6-5-12(10)7-8-1-2-8/h5-6,8-9H,1-4,7H2. The highest BCUT2D eigenvalue weighted by Crippen LogP contribution is 2.33. The Balaban J connectivity index is 1.99.